The molecule has 3 aromatic rings. The van der Waals surface area contributed by atoms with E-state index in [0.717, 1.165) is 5.56 Å². The highest BCUT2D eigenvalue weighted by molar-refractivity contribution is 6.07. The third-order valence-electron chi connectivity index (χ3n) is 3.90. The van der Waals surface area contributed by atoms with Gasteiger partial charge in [0.05, 0.1) is 0 Å². The van der Waals surface area contributed by atoms with E-state index in [1.807, 2.05) is 55.5 Å². The standard InChI is InChI=1S/C21H18N2O2/c1-15-18(22-20(24)16-9-4-2-5-10-16)13-8-14-19(15)23-21(25)17-11-6-3-7-12-17/h2-14H,1H3,(H,22,24)(H,23,25). The Hall–Kier alpha value is -3.40. The van der Waals surface area contributed by atoms with Crippen LogP contribution in [0.2, 0.25) is 0 Å². The molecule has 25 heavy (non-hydrogen) atoms. The predicted octanol–water partition coefficient (Wildman–Crippen LogP) is 4.50. The van der Waals surface area contributed by atoms with Gasteiger partial charge in [-0.15, -0.1) is 0 Å². The predicted molar refractivity (Wildman–Crippen MR) is 100.0 cm³/mol. The van der Waals surface area contributed by atoms with Crippen LogP contribution in [0.4, 0.5) is 11.4 Å². The summed E-state index contributed by atoms with van der Waals surface area (Å²) in [5, 5.41) is 5.78. The summed E-state index contributed by atoms with van der Waals surface area (Å²) in [5.41, 5.74) is 3.30. The van der Waals surface area contributed by atoms with Gasteiger partial charge >= 0.3 is 0 Å². The van der Waals surface area contributed by atoms with Gasteiger partial charge in [-0.1, -0.05) is 42.5 Å². The number of hydrogen-bond donors (Lipinski definition) is 2. The van der Waals surface area contributed by atoms with Crippen molar-refractivity contribution in [1.29, 1.82) is 0 Å². The number of benzene rings is 3. The van der Waals surface area contributed by atoms with Crippen molar-refractivity contribution < 1.29 is 9.59 Å². The van der Waals surface area contributed by atoms with Gasteiger partial charge in [0.15, 0.2) is 0 Å². The fraction of sp³-hybridized carbons (Fsp3) is 0.0476. The van der Waals surface area contributed by atoms with Crippen LogP contribution in [0.15, 0.2) is 78.9 Å². The van der Waals surface area contributed by atoms with Crippen LogP contribution in [0.5, 0.6) is 0 Å². The Morgan fingerprint density at radius 2 is 1.00 bits per heavy atom. The average molecular weight is 330 g/mol. The molecule has 0 aliphatic heterocycles. The van der Waals surface area contributed by atoms with E-state index in [2.05, 4.69) is 10.6 Å². The summed E-state index contributed by atoms with van der Waals surface area (Å²) < 4.78 is 0. The molecule has 0 unspecified atom stereocenters. The highest BCUT2D eigenvalue weighted by atomic mass is 16.2. The molecule has 4 heteroatoms. The van der Waals surface area contributed by atoms with Gasteiger partial charge in [-0.25, -0.2) is 0 Å². The van der Waals surface area contributed by atoms with Crippen LogP contribution in [-0.2, 0) is 0 Å². The average Bonchev–Trinajstić information content (AvgIpc) is 2.66. The summed E-state index contributed by atoms with van der Waals surface area (Å²) in [7, 11) is 0. The Balaban J connectivity index is 1.78. The molecule has 3 rings (SSSR count). The number of anilines is 2. The van der Waals surface area contributed by atoms with E-state index in [0.29, 0.717) is 22.5 Å². The van der Waals surface area contributed by atoms with Crippen LogP contribution < -0.4 is 10.6 Å². The molecule has 0 saturated heterocycles. The number of carbonyl (C=O) groups excluding carboxylic acids is 2. The zero-order valence-electron chi connectivity index (χ0n) is 13.8. The zero-order chi connectivity index (χ0) is 17.6. The van der Waals surface area contributed by atoms with Crippen LogP contribution in [0, 0.1) is 6.92 Å². The van der Waals surface area contributed by atoms with Crippen molar-refractivity contribution in [2.45, 2.75) is 6.92 Å². The molecule has 0 bridgehead atoms. The molecule has 0 fully saturated rings. The molecule has 0 radical (unpaired) electrons. The quantitative estimate of drug-likeness (QED) is 0.740. The number of amides is 2. The lowest BCUT2D eigenvalue weighted by Gasteiger charge is -2.13. The van der Waals surface area contributed by atoms with Gasteiger partial charge in [0.25, 0.3) is 11.8 Å². The maximum Gasteiger partial charge on any atom is 0.255 e. The van der Waals surface area contributed by atoms with Gasteiger partial charge in [0.2, 0.25) is 0 Å². The topological polar surface area (TPSA) is 58.2 Å². The van der Waals surface area contributed by atoms with Crippen molar-refractivity contribution in [3.63, 3.8) is 0 Å². The van der Waals surface area contributed by atoms with Crippen molar-refractivity contribution >= 4 is 23.2 Å². The lowest BCUT2D eigenvalue weighted by molar-refractivity contribution is 0.101. The molecule has 0 atom stereocenters. The lowest BCUT2D eigenvalue weighted by atomic mass is 10.1. The first-order valence-electron chi connectivity index (χ1n) is 7.97. The highest BCUT2D eigenvalue weighted by Crippen LogP contribution is 2.24. The SMILES string of the molecule is Cc1c(NC(=O)c2ccccc2)cccc1NC(=O)c1ccccc1. The van der Waals surface area contributed by atoms with Crippen LogP contribution in [0.3, 0.4) is 0 Å². The Labute approximate surface area is 146 Å². The van der Waals surface area contributed by atoms with E-state index >= 15 is 0 Å². The van der Waals surface area contributed by atoms with Crippen molar-refractivity contribution in [3.8, 4) is 0 Å². The Morgan fingerprint density at radius 3 is 1.40 bits per heavy atom. The third-order valence-corrected chi connectivity index (χ3v) is 3.90. The first-order chi connectivity index (χ1) is 12.1. The monoisotopic (exact) mass is 330 g/mol. The van der Waals surface area contributed by atoms with Gasteiger partial charge in [-0.05, 0) is 48.9 Å². The smallest absolute Gasteiger partial charge is 0.255 e. The van der Waals surface area contributed by atoms with E-state index in [4.69, 9.17) is 0 Å². The second-order valence-electron chi connectivity index (χ2n) is 5.62. The third kappa shape index (κ3) is 3.93. The summed E-state index contributed by atoms with van der Waals surface area (Å²) >= 11 is 0. The van der Waals surface area contributed by atoms with Crippen LogP contribution >= 0.6 is 0 Å². The number of hydrogen-bond acceptors (Lipinski definition) is 2. The molecule has 0 aliphatic carbocycles. The molecule has 4 nitrogen and oxygen atoms in total. The maximum absolute atomic E-state index is 12.3. The minimum absolute atomic E-state index is 0.185. The van der Waals surface area contributed by atoms with E-state index in [9.17, 15) is 9.59 Å². The maximum atomic E-state index is 12.3. The normalized spacial score (nSPS) is 10.1. The second kappa shape index (κ2) is 7.45. The minimum Gasteiger partial charge on any atom is -0.322 e. The molecule has 124 valence electrons. The molecule has 2 N–H and O–H groups in total. The van der Waals surface area contributed by atoms with Crippen molar-refractivity contribution in [2.24, 2.45) is 0 Å². The minimum atomic E-state index is -0.185. The zero-order valence-corrected chi connectivity index (χ0v) is 13.8. The molecule has 0 spiro atoms. The first-order valence-corrected chi connectivity index (χ1v) is 7.97. The Bertz CT molecular complexity index is 819. The molecule has 0 aliphatic rings. The summed E-state index contributed by atoms with van der Waals surface area (Å²) in [4.78, 5) is 24.6. The van der Waals surface area contributed by atoms with Crippen LogP contribution in [0.1, 0.15) is 26.3 Å². The van der Waals surface area contributed by atoms with Gasteiger partial charge < -0.3 is 10.6 Å². The van der Waals surface area contributed by atoms with Gasteiger partial charge in [0.1, 0.15) is 0 Å². The van der Waals surface area contributed by atoms with Gasteiger partial charge in [0, 0.05) is 22.5 Å². The molecule has 0 heterocycles. The largest absolute Gasteiger partial charge is 0.322 e. The fourth-order valence-electron chi connectivity index (χ4n) is 2.47. The molecular formula is C21H18N2O2. The summed E-state index contributed by atoms with van der Waals surface area (Å²) in [6.45, 7) is 1.86. The molecule has 2 amide bonds. The molecule has 3 aromatic carbocycles. The molecular weight excluding hydrogens is 312 g/mol. The van der Waals surface area contributed by atoms with E-state index < -0.39 is 0 Å². The first kappa shape index (κ1) is 16.5. The Kier molecular flexibility index (Phi) is 4.90. The van der Waals surface area contributed by atoms with Crippen LogP contribution in [-0.4, -0.2) is 11.8 Å². The van der Waals surface area contributed by atoms with E-state index in [1.54, 1.807) is 30.3 Å². The second-order valence-corrected chi connectivity index (χ2v) is 5.62. The molecule has 0 saturated carbocycles. The summed E-state index contributed by atoms with van der Waals surface area (Å²) in [5.74, 6) is -0.370. The van der Waals surface area contributed by atoms with Gasteiger partial charge in [-0.2, -0.15) is 0 Å². The number of nitrogens with one attached hydrogen (secondary N) is 2. The number of carbonyl (C=O) groups is 2. The highest BCUT2D eigenvalue weighted by Gasteiger charge is 2.12. The molecule has 0 aromatic heterocycles. The van der Waals surface area contributed by atoms with Crippen LogP contribution in [0.25, 0.3) is 0 Å². The Morgan fingerprint density at radius 1 is 0.600 bits per heavy atom. The summed E-state index contributed by atoms with van der Waals surface area (Å²) in [6.07, 6.45) is 0. The van der Waals surface area contributed by atoms with Gasteiger partial charge in [-0.3, -0.25) is 9.59 Å². The van der Waals surface area contributed by atoms with Crippen molar-refractivity contribution in [2.75, 3.05) is 10.6 Å². The van der Waals surface area contributed by atoms with E-state index in [-0.39, 0.29) is 11.8 Å². The fourth-order valence-corrected chi connectivity index (χ4v) is 2.47. The lowest BCUT2D eigenvalue weighted by Crippen LogP contribution is -2.15. The van der Waals surface area contributed by atoms with Crippen molar-refractivity contribution in [1.82, 2.24) is 0 Å². The number of rotatable bonds is 4. The summed E-state index contributed by atoms with van der Waals surface area (Å²) in [6, 6.07) is 23.4. The van der Waals surface area contributed by atoms with E-state index in [1.165, 1.54) is 0 Å². The van der Waals surface area contributed by atoms with Crippen molar-refractivity contribution in [3.05, 3.63) is 95.6 Å².